The summed E-state index contributed by atoms with van der Waals surface area (Å²) in [5.74, 6) is -2.32. The van der Waals surface area contributed by atoms with E-state index >= 15 is 0 Å². The Balaban J connectivity index is 2.47. The normalized spacial score (nSPS) is 11.5. The fourth-order valence-electron chi connectivity index (χ4n) is 1.37. The highest BCUT2D eigenvalue weighted by Gasteiger charge is 2.24. The van der Waals surface area contributed by atoms with Gasteiger partial charge in [-0.2, -0.15) is 0 Å². The number of nitrogens with one attached hydrogen (secondary N) is 1. The van der Waals surface area contributed by atoms with Gasteiger partial charge in [0.1, 0.15) is 10.7 Å². The Labute approximate surface area is 111 Å². The molecule has 19 heavy (non-hydrogen) atoms. The van der Waals surface area contributed by atoms with Crippen LogP contribution in [-0.4, -0.2) is 18.5 Å². The molecule has 0 saturated heterocycles. The molecule has 0 aliphatic rings. The molecule has 0 atom stereocenters. The Morgan fingerprint density at radius 3 is 2.68 bits per heavy atom. The van der Waals surface area contributed by atoms with Gasteiger partial charge in [0, 0.05) is 11.6 Å². The van der Waals surface area contributed by atoms with Crippen LogP contribution in [0.3, 0.4) is 0 Å². The average Bonchev–Trinajstić information content (AvgIpc) is 2.81. The molecule has 0 radical (unpaired) electrons. The van der Waals surface area contributed by atoms with E-state index in [1.54, 1.807) is 0 Å². The lowest BCUT2D eigenvalue weighted by atomic mass is 10.2. The number of nitrogens with zero attached hydrogens (tertiary/aromatic N) is 1. The number of aliphatic hydroxyl groups excluding tert-OH is 1. The van der Waals surface area contributed by atoms with Gasteiger partial charge in [-0.1, -0.05) is 0 Å². The summed E-state index contributed by atoms with van der Waals surface area (Å²) in [6.07, 6.45) is 1.38. The molecular formula is C10H8F2N2O3S2. The number of aliphatic hydroxyl groups is 1. The van der Waals surface area contributed by atoms with Crippen molar-refractivity contribution in [1.29, 1.82) is 0 Å². The minimum absolute atomic E-state index is 0.0641. The first-order chi connectivity index (χ1) is 8.95. The van der Waals surface area contributed by atoms with Crippen molar-refractivity contribution in [2.45, 2.75) is 11.5 Å². The zero-order chi connectivity index (χ0) is 14.0. The molecule has 9 heteroatoms. The van der Waals surface area contributed by atoms with Crippen molar-refractivity contribution >= 4 is 26.5 Å². The van der Waals surface area contributed by atoms with E-state index in [4.69, 9.17) is 5.11 Å². The van der Waals surface area contributed by atoms with Crippen LogP contribution in [0, 0.1) is 11.6 Å². The molecule has 1 aromatic carbocycles. The second-order valence-corrected chi connectivity index (χ2v) is 5.98. The Hall–Kier alpha value is -1.58. The van der Waals surface area contributed by atoms with E-state index in [1.165, 1.54) is 11.6 Å². The number of benzene rings is 1. The molecule has 0 bridgehead atoms. The van der Waals surface area contributed by atoms with E-state index in [2.05, 4.69) is 9.71 Å². The highest BCUT2D eigenvalue weighted by Crippen LogP contribution is 2.24. The predicted molar refractivity (Wildman–Crippen MR) is 65.2 cm³/mol. The third-order valence-electron chi connectivity index (χ3n) is 2.25. The number of aromatic nitrogens is 1. The molecule has 5 nitrogen and oxygen atoms in total. The average molecular weight is 306 g/mol. The van der Waals surface area contributed by atoms with Crippen LogP contribution in [0.15, 0.2) is 28.6 Å². The summed E-state index contributed by atoms with van der Waals surface area (Å²) >= 11 is 1.02. The standard InChI is InChI=1S/C10H8F2N2O3S2/c11-7-1-2-8(9(12)6(7)5-15)19(16,17)14-10-13-3-4-18-10/h1-4,15H,5H2,(H,13,14). The molecule has 0 aliphatic heterocycles. The first-order valence-corrected chi connectivity index (χ1v) is 7.32. The van der Waals surface area contributed by atoms with Gasteiger partial charge in [0.2, 0.25) is 0 Å². The molecule has 2 aromatic rings. The SMILES string of the molecule is O=S(=O)(Nc1nccs1)c1ccc(F)c(CO)c1F. The van der Waals surface area contributed by atoms with Crippen molar-refractivity contribution in [3.63, 3.8) is 0 Å². The molecule has 2 rings (SSSR count). The predicted octanol–water partition coefficient (Wildman–Crippen LogP) is 1.71. The second kappa shape index (κ2) is 5.19. The lowest BCUT2D eigenvalue weighted by molar-refractivity contribution is 0.267. The van der Waals surface area contributed by atoms with Crippen LogP contribution in [0.4, 0.5) is 13.9 Å². The number of thiazole rings is 1. The molecule has 0 fully saturated rings. The molecular weight excluding hydrogens is 298 g/mol. The van der Waals surface area contributed by atoms with Crippen molar-refractivity contribution in [3.8, 4) is 0 Å². The number of halogens is 2. The molecule has 0 aliphatic carbocycles. The van der Waals surface area contributed by atoms with Gasteiger partial charge in [0.05, 0.1) is 12.2 Å². The van der Waals surface area contributed by atoms with Crippen molar-refractivity contribution in [1.82, 2.24) is 4.98 Å². The minimum atomic E-state index is -4.22. The van der Waals surface area contributed by atoms with Crippen LogP contribution in [0.5, 0.6) is 0 Å². The van der Waals surface area contributed by atoms with Gasteiger partial charge in [0.25, 0.3) is 10.0 Å². The van der Waals surface area contributed by atoms with Crippen LogP contribution in [0.1, 0.15) is 5.56 Å². The zero-order valence-corrected chi connectivity index (χ0v) is 10.9. The maximum absolute atomic E-state index is 13.8. The summed E-state index contributed by atoms with van der Waals surface area (Å²) < 4.78 is 52.9. The van der Waals surface area contributed by atoms with E-state index in [0.29, 0.717) is 0 Å². The van der Waals surface area contributed by atoms with E-state index in [9.17, 15) is 17.2 Å². The molecule has 0 unspecified atom stereocenters. The van der Waals surface area contributed by atoms with Gasteiger partial charge in [-0.15, -0.1) is 11.3 Å². The van der Waals surface area contributed by atoms with E-state index in [0.717, 1.165) is 23.5 Å². The third kappa shape index (κ3) is 2.72. The van der Waals surface area contributed by atoms with Crippen molar-refractivity contribution in [2.75, 3.05) is 4.72 Å². The van der Waals surface area contributed by atoms with Crippen LogP contribution in [0.25, 0.3) is 0 Å². The minimum Gasteiger partial charge on any atom is -0.391 e. The van der Waals surface area contributed by atoms with Gasteiger partial charge >= 0.3 is 0 Å². The highest BCUT2D eigenvalue weighted by molar-refractivity contribution is 7.93. The van der Waals surface area contributed by atoms with Crippen LogP contribution < -0.4 is 4.72 Å². The molecule has 0 amide bonds. The smallest absolute Gasteiger partial charge is 0.266 e. The van der Waals surface area contributed by atoms with E-state index in [-0.39, 0.29) is 5.13 Å². The van der Waals surface area contributed by atoms with Crippen molar-refractivity contribution in [3.05, 3.63) is 40.9 Å². The van der Waals surface area contributed by atoms with Gasteiger partial charge in [0.15, 0.2) is 10.9 Å². The largest absolute Gasteiger partial charge is 0.391 e. The van der Waals surface area contributed by atoms with Crippen LogP contribution >= 0.6 is 11.3 Å². The quantitative estimate of drug-likeness (QED) is 0.901. The lowest BCUT2D eigenvalue weighted by Gasteiger charge is -2.09. The first kappa shape index (κ1) is 13.8. The first-order valence-electron chi connectivity index (χ1n) is 4.95. The number of anilines is 1. The summed E-state index contributed by atoms with van der Waals surface area (Å²) in [5, 5.41) is 10.4. The Morgan fingerprint density at radius 2 is 2.11 bits per heavy atom. The number of hydrogen-bond donors (Lipinski definition) is 2. The third-order valence-corrected chi connectivity index (χ3v) is 4.43. The zero-order valence-electron chi connectivity index (χ0n) is 9.30. The highest BCUT2D eigenvalue weighted by atomic mass is 32.2. The van der Waals surface area contributed by atoms with E-state index < -0.39 is 38.7 Å². The van der Waals surface area contributed by atoms with Gasteiger partial charge < -0.3 is 5.11 Å². The maximum Gasteiger partial charge on any atom is 0.266 e. The summed E-state index contributed by atoms with van der Waals surface area (Å²) in [7, 11) is -4.22. The Bertz CT molecular complexity index is 687. The summed E-state index contributed by atoms with van der Waals surface area (Å²) in [6, 6.07) is 1.57. The summed E-state index contributed by atoms with van der Waals surface area (Å²) in [6.45, 7) is -0.932. The topological polar surface area (TPSA) is 79.3 Å². The molecule has 102 valence electrons. The Kier molecular flexibility index (Phi) is 3.78. The summed E-state index contributed by atoms with van der Waals surface area (Å²) in [5.41, 5.74) is -0.693. The van der Waals surface area contributed by atoms with Crippen LogP contribution in [-0.2, 0) is 16.6 Å². The lowest BCUT2D eigenvalue weighted by Crippen LogP contribution is -2.16. The molecule has 1 aromatic heterocycles. The van der Waals surface area contributed by atoms with Gasteiger partial charge in [-0.05, 0) is 12.1 Å². The number of hydrogen-bond acceptors (Lipinski definition) is 5. The van der Waals surface area contributed by atoms with Crippen LogP contribution in [0.2, 0.25) is 0 Å². The molecule has 2 N–H and O–H groups in total. The second-order valence-electron chi connectivity index (χ2n) is 3.44. The number of sulfonamides is 1. The molecule has 0 saturated carbocycles. The summed E-state index contributed by atoms with van der Waals surface area (Å²) in [4.78, 5) is 2.96. The number of rotatable bonds is 4. The molecule has 1 heterocycles. The van der Waals surface area contributed by atoms with Gasteiger partial charge in [-0.3, -0.25) is 4.72 Å². The van der Waals surface area contributed by atoms with Crippen molar-refractivity contribution < 1.29 is 22.3 Å². The monoisotopic (exact) mass is 306 g/mol. The van der Waals surface area contributed by atoms with Crippen molar-refractivity contribution in [2.24, 2.45) is 0 Å². The van der Waals surface area contributed by atoms with E-state index in [1.807, 2.05) is 0 Å². The fraction of sp³-hybridized carbons (Fsp3) is 0.100. The molecule has 0 spiro atoms. The fourth-order valence-corrected chi connectivity index (χ4v) is 3.27. The van der Waals surface area contributed by atoms with Gasteiger partial charge in [-0.25, -0.2) is 22.2 Å². The Morgan fingerprint density at radius 1 is 1.37 bits per heavy atom. The maximum atomic E-state index is 13.8.